The second kappa shape index (κ2) is 9.19. The fourth-order valence-corrected chi connectivity index (χ4v) is 4.57. The molecule has 0 saturated carbocycles. The maximum atomic E-state index is 12.3. The van der Waals surface area contributed by atoms with Crippen LogP contribution in [-0.4, -0.2) is 30.6 Å². The van der Waals surface area contributed by atoms with Gasteiger partial charge in [-0.05, 0) is 30.7 Å². The molecule has 3 heterocycles. The summed E-state index contributed by atoms with van der Waals surface area (Å²) in [5, 5.41) is 15.1. The summed E-state index contributed by atoms with van der Waals surface area (Å²) in [5.74, 6) is 1.37. The molecule has 152 valence electrons. The average molecular weight is 437 g/mol. The highest BCUT2D eigenvalue weighted by atomic mass is 32.2. The Kier molecular flexibility index (Phi) is 6.20. The smallest absolute Gasteiger partial charge is 0.231 e. The maximum Gasteiger partial charge on any atom is 0.231 e. The Morgan fingerprint density at radius 1 is 1.20 bits per heavy atom. The Balaban J connectivity index is 1.35. The fourth-order valence-electron chi connectivity index (χ4n) is 2.87. The predicted molar refractivity (Wildman–Crippen MR) is 119 cm³/mol. The number of hydrogen-bond donors (Lipinski definition) is 1. The molecule has 0 unspecified atom stereocenters. The fraction of sp³-hybridized carbons (Fsp3) is 0.190. The van der Waals surface area contributed by atoms with E-state index in [0.717, 1.165) is 38.5 Å². The van der Waals surface area contributed by atoms with Crippen molar-refractivity contribution in [3.63, 3.8) is 0 Å². The number of thioether (sulfide) groups is 1. The van der Waals surface area contributed by atoms with Crippen LogP contribution in [0.5, 0.6) is 0 Å². The van der Waals surface area contributed by atoms with Crippen molar-refractivity contribution in [3.8, 4) is 11.4 Å². The lowest BCUT2D eigenvalue weighted by Gasteiger charge is -2.06. The zero-order chi connectivity index (χ0) is 20.9. The number of para-hydroxylation sites is 1. The van der Waals surface area contributed by atoms with E-state index in [9.17, 15) is 4.79 Å². The Bertz CT molecular complexity index is 1160. The van der Waals surface area contributed by atoms with E-state index in [-0.39, 0.29) is 12.3 Å². The van der Waals surface area contributed by atoms with Crippen molar-refractivity contribution in [2.75, 3.05) is 5.32 Å². The Hall–Kier alpha value is -3.04. The van der Waals surface area contributed by atoms with Crippen LogP contribution in [-0.2, 0) is 24.0 Å². The second-order valence-electron chi connectivity index (χ2n) is 6.67. The van der Waals surface area contributed by atoms with Gasteiger partial charge in [0.2, 0.25) is 5.91 Å². The second-order valence-corrected chi connectivity index (χ2v) is 8.55. The van der Waals surface area contributed by atoms with Crippen LogP contribution in [0.2, 0.25) is 0 Å². The van der Waals surface area contributed by atoms with Crippen molar-refractivity contribution < 1.29 is 4.79 Å². The lowest BCUT2D eigenvalue weighted by Crippen LogP contribution is -2.15. The van der Waals surface area contributed by atoms with Gasteiger partial charge in [-0.1, -0.05) is 30.0 Å². The molecule has 30 heavy (non-hydrogen) atoms. The third kappa shape index (κ3) is 4.74. The van der Waals surface area contributed by atoms with Gasteiger partial charge in [-0.2, -0.15) is 0 Å². The summed E-state index contributed by atoms with van der Waals surface area (Å²) in [4.78, 5) is 21.1. The van der Waals surface area contributed by atoms with Gasteiger partial charge in [0, 0.05) is 41.8 Å². The first-order chi connectivity index (χ1) is 14.6. The first-order valence-corrected chi connectivity index (χ1v) is 11.2. The van der Waals surface area contributed by atoms with Gasteiger partial charge in [-0.15, -0.1) is 21.5 Å². The highest BCUT2D eigenvalue weighted by molar-refractivity contribution is 7.98. The minimum atomic E-state index is -0.0627. The van der Waals surface area contributed by atoms with Crippen LogP contribution in [0.15, 0.2) is 59.3 Å². The normalized spacial score (nSPS) is 10.9. The van der Waals surface area contributed by atoms with Crippen molar-refractivity contribution in [1.29, 1.82) is 0 Å². The Morgan fingerprint density at radius 2 is 2.07 bits per heavy atom. The number of aryl methyl sites for hydroxylation is 1. The molecule has 0 aliphatic heterocycles. The van der Waals surface area contributed by atoms with Gasteiger partial charge in [-0.25, -0.2) is 4.98 Å². The first-order valence-electron chi connectivity index (χ1n) is 9.31. The van der Waals surface area contributed by atoms with Gasteiger partial charge in [0.25, 0.3) is 0 Å². The summed E-state index contributed by atoms with van der Waals surface area (Å²) in [6, 6.07) is 11.6. The predicted octanol–water partition coefficient (Wildman–Crippen LogP) is 4.12. The molecule has 0 aliphatic carbocycles. The molecule has 0 atom stereocenters. The van der Waals surface area contributed by atoms with Crippen molar-refractivity contribution >= 4 is 34.7 Å². The van der Waals surface area contributed by atoms with Crippen LogP contribution >= 0.6 is 23.1 Å². The molecule has 0 radical (unpaired) electrons. The van der Waals surface area contributed by atoms with Gasteiger partial charge < -0.3 is 9.88 Å². The highest BCUT2D eigenvalue weighted by Crippen LogP contribution is 2.25. The van der Waals surface area contributed by atoms with Crippen molar-refractivity contribution in [2.45, 2.75) is 24.3 Å². The van der Waals surface area contributed by atoms with E-state index < -0.39 is 0 Å². The van der Waals surface area contributed by atoms with E-state index >= 15 is 0 Å². The molecule has 7 nitrogen and oxygen atoms in total. The molecule has 1 aromatic carbocycles. The Labute approximate surface area is 182 Å². The number of amides is 1. The van der Waals surface area contributed by atoms with E-state index in [1.54, 1.807) is 24.2 Å². The van der Waals surface area contributed by atoms with Crippen molar-refractivity contribution in [2.24, 2.45) is 7.05 Å². The van der Waals surface area contributed by atoms with Gasteiger partial charge in [0.1, 0.15) is 5.01 Å². The summed E-state index contributed by atoms with van der Waals surface area (Å²) < 4.78 is 1.95. The molecule has 4 rings (SSSR count). The number of aromatic nitrogens is 5. The molecule has 9 heteroatoms. The molecule has 0 fully saturated rings. The number of thiazole rings is 1. The number of rotatable bonds is 7. The third-order valence-corrected chi connectivity index (χ3v) is 6.39. The van der Waals surface area contributed by atoms with Gasteiger partial charge in [0.05, 0.1) is 12.1 Å². The summed E-state index contributed by atoms with van der Waals surface area (Å²) in [6.45, 7) is 1.97. The van der Waals surface area contributed by atoms with E-state index in [0.29, 0.717) is 5.75 Å². The maximum absolute atomic E-state index is 12.3. The quantitative estimate of drug-likeness (QED) is 0.439. The standard InChI is InChI=1S/C21H20N6OS2/c1-14-6-3-4-8-17(14)24-18(28)10-19-23-16(12-29-19)13-30-21-26-25-20(27(21)2)15-7-5-9-22-11-15/h3-9,11-12H,10,13H2,1-2H3,(H,24,28). The summed E-state index contributed by atoms with van der Waals surface area (Å²) in [7, 11) is 1.94. The van der Waals surface area contributed by atoms with E-state index in [4.69, 9.17) is 0 Å². The third-order valence-electron chi connectivity index (χ3n) is 4.43. The van der Waals surface area contributed by atoms with Crippen molar-refractivity contribution in [3.05, 3.63) is 70.4 Å². The van der Waals surface area contributed by atoms with Crippen LogP contribution in [0.1, 0.15) is 16.3 Å². The minimum absolute atomic E-state index is 0.0627. The number of nitrogens with one attached hydrogen (secondary N) is 1. The number of hydrogen-bond acceptors (Lipinski definition) is 7. The van der Waals surface area contributed by atoms with Crippen LogP contribution < -0.4 is 5.32 Å². The van der Waals surface area contributed by atoms with Gasteiger partial charge in [0.15, 0.2) is 11.0 Å². The summed E-state index contributed by atoms with van der Waals surface area (Å²) in [5.41, 5.74) is 3.72. The molecule has 0 bridgehead atoms. The molecule has 4 aromatic rings. The SMILES string of the molecule is Cc1ccccc1NC(=O)Cc1nc(CSc2nnc(-c3cccnc3)n2C)cs1. The van der Waals surface area contributed by atoms with Crippen LogP contribution in [0.4, 0.5) is 5.69 Å². The molecule has 1 amide bonds. The average Bonchev–Trinajstić information content (AvgIpc) is 3.35. The zero-order valence-electron chi connectivity index (χ0n) is 16.6. The van der Waals surface area contributed by atoms with E-state index in [1.807, 2.05) is 60.3 Å². The lowest BCUT2D eigenvalue weighted by atomic mass is 10.2. The molecule has 1 N–H and O–H groups in total. The molecule has 0 spiro atoms. The zero-order valence-corrected chi connectivity index (χ0v) is 18.2. The summed E-state index contributed by atoms with van der Waals surface area (Å²) >= 11 is 3.06. The van der Waals surface area contributed by atoms with Gasteiger partial charge in [-0.3, -0.25) is 9.78 Å². The van der Waals surface area contributed by atoms with Crippen LogP contribution in [0.25, 0.3) is 11.4 Å². The minimum Gasteiger partial charge on any atom is -0.325 e. The number of carbonyl (C=O) groups is 1. The number of carbonyl (C=O) groups excluding carboxylic acids is 1. The van der Waals surface area contributed by atoms with E-state index in [2.05, 4.69) is 25.5 Å². The van der Waals surface area contributed by atoms with E-state index in [1.165, 1.54) is 11.3 Å². The van der Waals surface area contributed by atoms with Gasteiger partial charge >= 0.3 is 0 Å². The van der Waals surface area contributed by atoms with Crippen LogP contribution in [0.3, 0.4) is 0 Å². The lowest BCUT2D eigenvalue weighted by molar-refractivity contribution is -0.115. The van der Waals surface area contributed by atoms with Crippen molar-refractivity contribution in [1.82, 2.24) is 24.7 Å². The first kappa shape index (κ1) is 20.2. The molecular formula is C21H20N6OS2. The topological polar surface area (TPSA) is 85.6 Å². The number of pyridine rings is 1. The highest BCUT2D eigenvalue weighted by Gasteiger charge is 2.13. The molecular weight excluding hydrogens is 416 g/mol. The largest absolute Gasteiger partial charge is 0.325 e. The molecule has 0 saturated heterocycles. The number of anilines is 1. The molecule has 3 aromatic heterocycles. The monoisotopic (exact) mass is 436 g/mol. The number of benzene rings is 1. The number of nitrogens with zero attached hydrogens (tertiary/aromatic N) is 5. The summed E-state index contributed by atoms with van der Waals surface area (Å²) in [6.07, 6.45) is 3.77. The Morgan fingerprint density at radius 3 is 2.87 bits per heavy atom. The van der Waals surface area contributed by atoms with Crippen LogP contribution in [0, 0.1) is 6.92 Å². The molecule has 0 aliphatic rings.